The van der Waals surface area contributed by atoms with E-state index in [1.165, 1.54) is 38.4 Å². The summed E-state index contributed by atoms with van der Waals surface area (Å²) in [5.41, 5.74) is 0.790. The third kappa shape index (κ3) is 2.91. The summed E-state index contributed by atoms with van der Waals surface area (Å²) in [6.45, 7) is 6.57. The summed E-state index contributed by atoms with van der Waals surface area (Å²) >= 11 is 6.44. The second kappa shape index (κ2) is 6.41. The molecule has 120 valence electrons. The van der Waals surface area contributed by atoms with Crippen LogP contribution in [0.25, 0.3) is 5.78 Å². The van der Waals surface area contributed by atoms with Crippen LogP contribution in [0.3, 0.4) is 0 Å². The monoisotopic (exact) mass is 321 g/mol. The standard InChI is InChI=1S/C16H24ClN5/c1-4-10(2)12-5-7-13(8-6-12)21-15-14(17)11(3)20-16-18-9-19-22(15)16/h9-10,12-13,21H,4-8H2,1-3H3. The number of aromatic nitrogens is 4. The van der Waals surface area contributed by atoms with E-state index in [4.69, 9.17) is 11.6 Å². The Hall–Kier alpha value is -1.36. The van der Waals surface area contributed by atoms with Crippen molar-refractivity contribution in [1.29, 1.82) is 0 Å². The molecule has 0 bridgehead atoms. The maximum atomic E-state index is 6.44. The van der Waals surface area contributed by atoms with Crippen molar-refractivity contribution in [2.45, 2.75) is 58.9 Å². The SMILES string of the molecule is CCC(C)C1CCC(Nc2c(Cl)c(C)nc3ncnn23)CC1. The van der Waals surface area contributed by atoms with Crippen molar-refractivity contribution in [1.82, 2.24) is 19.6 Å². The van der Waals surface area contributed by atoms with E-state index in [9.17, 15) is 0 Å². The molecule has 0 spiro atoms. The smallest absolute Gasteiger partial charge is 0.254 e. The molecule has 22 heavy (non-hydrogen) atoms. The zero-order valence-corrected chi connectivity index (χ0v) is 14.3. The van der Waals surface area contributed by atoms with Gasteiger partial charge in [0.1, 0.15) is 11.3 Å². The molecule has 0 amide bonds. The highest BCUT2D eigenvalue weighted by atomic mass is 35.5. The Morgan fingerprint density at radius 2 is 2.09 bits per heavy atom. The quantitative estimate of drug-likeness (QED) is 0.921. The van der Waals surface area contributed by atoms with Gasteiger partial charge in [0, 0.05) is 6.04 Å². The molecule has 2 aromatic rings. The number of anilines is 1. The molecule has 1 saturated carbocycles. The van der Waals surface area contributed by atoms with Crippen LogP contribution in [0, 0.1) is 18.8 Å². The van der Waals surface area contributed by atoms with Gasteiger partial charge in [0.2, 0.25) is 0 Å². The van der Waals surface area contributed by atoms with Gasteiger partial charge in [-0.25, -0.2) is 4.98 Å². The molecular formula is C16H24ClN5. The molecular weight excluding hydrogens is 298 g/mol. The number of aryl methyl sites for hydroxylation is 1. The highest BCUT2D eigenvalue weighted by Crippen LogP contribution is 2.34. The molecule has 3 rings (SSSR count). The lowest BCUT2D eigenvalue weighted by molar-refractivity contribution is 0.247. The van der Waals surface area contributed by atoms with Gasteiger partial charge in [-0.1, -0.05) is 31.9 Å². The van der Waals surface area contributed by atoms with E-state index in [2.05, 4.69) is 34.2 Å². The largest absolute Gasteiger partial charge is 0.366 e. The minimum Gasteiger partial charge on any atom is -0.366 e. The Labute approximate surface area is 136 Å². The van der Waals surface area contributed by atoms with Crippen LogP contribution in [0.2, 0.25) is 5.02 Å². The molecule has 1 aliphatic carbocycles. The minimum atomic E-state index is 0.451. The summed E-state index contributed by atoms with van der Waals surface area (Å²) in [6.07, 6.45) is 7.73. The molecule has 1 fully saturated rings. The highest BCUT2D eigenvalue weighted by molar-refractivity contribution is 6.33. The number of rotatable bonds is 4. The highest BCUT2D eigenvalue weighted by Gasteiger charge is 2.25. The van der Waals surface area contributed by atoms with Crippen molar-refractivity contribution in [3.63, 3.8) is 0 Å². The van der Waals surface area contributed by atoms with Crippen molar-refractivity contribution in [2.24, 2.45) is 11.8 Å². The maximum Gasteiger partial charge on any atom is 0.254 e. The zero-order chi connectivity index (χ0) is 15.7. The summed E-state index contributed by atoms with van der Waals surface area (Å²) in [4.78, 5) is 8.52. The average Bonchev–Trinajstić information content (AvgIpc) is 2.99. The first-order valence-electron chi connectivity index (χ1n) is 8.22. The summed E-state index contributed by atoms with van der Waals surface area (Å²) < 4.78 is 1.70. The van der Waals surface area contributed by atoms with E-state index in [0.717, 1.165) is 23.3 Å². The number of nitrogens with zero attached hydrogens (tertiary/aromatic N) is 4. The lowest BCUT2D eigenvalue weighted by atomic mass is 9.78. The first-order chi connectivity index (χ1) is 10.6. The van der Waals surface area contributed by atoms with Crippen LogP contribution < -0.4 is 5.32 Å². The van der Waals surface area contributed by atoms with E-state index in [1.54, 1.807) is 4.52 Å². The summed E-state index contributed by atoms with van der Waals surface area (Å²) in [5.74, 6) is 3.12. The van der Waals surface area contributed by atoms with E-state index >= 15 is 0 Å². The molecule has 0 aliphatic heterocycles. The lowest BCUT2D eigenvalue weighted by Crippen LogP contribution is -2.29. The average molecular weight is 322 g/mol. The second-order valence-electron chi connectivity index (χ2n) is 6.47. The predicted octanol–water partition coefficient (Wildman–Crippen LogP) is 4.10. The van der Waals surface area contributed by atoms with E-state index in [-0.39, 0.29) is 0 Å². The van der Waals surface area contributed by atoms with E-state index in [0.29, 0.717) is 16.8 Å². The van der Waals surface area contributed by atoms with Crippen molar-refractivity contribution in [3.05, 3.63) is 17.0 Å². The van der Waals surface area contributed by atoms with Crippen molar-refractivity contribution in [3.8, 4) is 0 Å². The van der Waals surface area contributed by atoms with Crippen LogP contribution in [0.1, 0.15) is 51.6 Å². The second-order valence-corrected chi connectivity index (χ2v) is 6.85. The van der Waals surface area contributed by atoms with Crippen molar-refractivity contribution < 1.29 is 0 Å². The molecule has 1 aliphatic rings. The van der Waals surface area contributed by atoms with Crippen LogP contribution in [-0.4, -0.2) is 25.6 Å². The van der Waals surface area contributed by atoms with Gasteiger partial charge in [0.25, 0.3) is 5.78 Å². The van der Waals surface area contributed by atoms with Crippen LogP contribution >= 0.6 is 11.6 Å². The van der Waals surface area contributed by atoms with Gasteiger partial charge in [0.15, 0.2) is 5.82 Å². The number of fused-ring (bicyclic) bond motifs is 1. The fourth-order valence-electron chi connectivity index (χ4n) is 3.42. The van der Waals surface area contributed by atoms with Gasteiger partial charge < -0.3 is 5.32 Å². The van der Waals surface area contributed by atoms with Gasteiger partial charge in [0.05, 0.1) is 5.69 Å². The normalized spacial score (nSPS) is 23.6. The van der Waals surface area contributed by atoms with Gasteiger partial charge in [-0.3, -0.25) is 0 Å². The predicted molar refractivity (Wildman–Crippen MR) is 89.4 cm³/mol. The topological polar surface area (TPSA) is 55.1 Å². The summed E-state index contributed by atoms with van der Waals surface area (Å²) in [6, 6.07) is 0.451. The molecule has 0 saturated heterocycles. The van der Waals surface area contributed by atoms with Gasteiger partial charge in [-0.05, 0) is 44.4 Å². The van der Waals surface area contributed by atoms with Crippen LogP contribution in [0.15, 0.2) is 6.33 Å². The molecule has 6 heteroatoms. The number of hydrogen-bond acceptors (Lipinski definition) is 4. The molecule has 0 aromatic carbocycles. The fraction of sp³-hybridized carbons (Fsp3) is 0.688. The zero-order valence-electron chi connectivity index (χ0n) is 13.5. The fourth-order valence-corrected chi connectivity index (χ4v) is 3.59. The first kappa shape index (κ1) is 15.5. The Morgan fingerprint density at radius 3 is 2.77 bits per heavy atom. The summed E-state index contributed by atoms with van der Waals surface area (Å²) in [7, 11) is 0. The first-order valence-corrected chi connectivity index (χ1v) is 8.60. The number of halogens is 1. The van der Waals surface area contributed by atoms with Crippen LogP contribution in [0.5, 0.6) is 0 Å². The Bertz CT molecular complexity index is 645. The van der Waals surface area contributed by atoms with Crippen molar-refractivity contribution >= 4 is 23.2 Å². The molecule has 1 unspecified atom stereocenters. The Morgan fingerprint density at radius 1 is 1.36 bits per heavy atom. The van der Waals surface area contributed by atoms with Gasteiger partial charge in [-0.15, -0.1) is 0 Å². The molecule has 1 N–H and O–H groups in total. The molecule has 2 heterocycles. The minimum absolute atomic E-state index is 0.451. The number of hydrogen-bond donors (Lipinski definition) is 1. The molecule has 1 atom stereocenters. The molecule has 5 nitrogen and oxygen atoms in total. The molecule has 0 radical (unpaired) electrons. The van der Waals surface area contributed by atoms with E-state index < -0.39 is 0 Å². The Kier molecular flexibility index (Phi) is 4.52. The van der Waals surface area contributed by atoms with Crippen molar-refractivity contribution in [2.75, 3.05) is 5.32 Å². The van der Waals surface area contributed by atoms with Crippen LogP contribution in [-0.2, 0) is 0 Å². The Balaban J connectivity index is 1.75. The van der Waals surface area contributed by atoms with Crippen LogP contribution in [0.4, 0.5) is 5.82 Å². The third-order valence-electron chi connectivity index (χ3n) is 5.10. The lowest BCUT2D eigenvalue weighted by Gasteiger charge is -2.33. The third-order valence-corrected chi connectivity index (χ3v) is 5.55. The summed E-state index contributed by atoms with van der Waals surface area (Å²) in [5, 5.41) is 8.46. The van der Waals surface area contributed by atoms with Gasteiger partial charge >= 0.3 is 0 Å². The number of nitrogens with one attached hydrogen (secondary N) is 1. The molecule has 2 aromatic heterocycles. The maximum absolute atomic E-state index is 6.44. The van der Waals surface area contributed by atoms with Gasteiger partial charge in [-0.2, -0.15) is 14.6 Å². The van der Waals surface area contributed by atoms with E-state index in [1.807, 2.05) is 6.92 Å².